The van der Waals surface area contributed by atoms with Crippen LogP contribution in [0.4, 0.5) is 0 Å². The summed E-state index contributed by atoms with van der Waals surface area (Å²) in [4.78, 5) is 0. The fourth-order valence-electron chi connectivity index (χ4n) is 3.27. The summed E-state index contributed by atoms with van der Waals surface area (Å²) >= 11 is 0. The van der Waals surface area contributed by atoms with Gasteiger partial charge in [0, 0.05) is 26.3 Å². The zero-order chi connectivity index (χ0) is 18.8. The maximum atomic E-state index is 9.33. The van der Waals surface area contributed by atoms with Crippen LogP contribution >= 0.6 is 0 Å². The van der Waals surface area contributed by atoms with Gasteiger partial charge in [0.2, 0.25) is 0 Å². The number of rotatable bonds is 6. The van der Waals surface area contributed by atoms with E-state index in [1.54, 1.807) is 21.3 Å². The molecule has 0 aliphatic heterocycles. The molecule has 2 aromatic heterocycles. The quantitative estimate of drug-likeness (QED) is 0.598. The van der Waals surface area contributed by atoms with E-state index in [0.29, 0.717) is 11.4 Å². The fraction of sp³-hybridized carbons (Fsp3) is 0.444. The zero-order valence-corrected chi connectivity index (χ0v) is 16.6. The molecule has 0 saturated heterocycles. The van der Waals surface area contributed by atoms with Crippen molar-refractivity contribution >= 4 is 17.7 Å². The maximum absolute atomic E-state index is 9.33. The van der Waals surface area contributed by atoms with Gasteiger partial charge in [-0.2, -0.15) is 10.5 Å². The molecular formula is C18H24BLiN4O2. The molecule has 8 heteroatoms. The molecular weight excluding hydrogens is 322 g/mol. The molecule has 2 aromatic rings. The first-order chi connectivity index (χ1) is 11.8. The molecule has 0 atom stereocenters. The van der Waals surface area contributed by atoms with Crippen molar-refractivity contribution in [3.63, 3.8) is 0 Å². The van der Waals surface area contributed by atoms with E-state index in [1.807, 2.05) is 53.9 Å². The Morgan fingerprint density at radius 3 is 1.38 bits per heavy atom. The topological polar surface area (TPSA) is 75.9 Å². The Morgan fingerprint density at radius 2 is 1.15 bits per heavy atom. The van der Waals surface area contributed by atoms with Gasteiger partial charge in [-0.1, -0.05) is 23.3 Å². The van der Waals surface area contributed by atoms with E-state index < -0.39 is 6.55 Å². The van der Waals surface area contributed by atoms with E-state index >= 15 is 0 Å². The fourth-order valence-corrected chi connectivity index (χ4v) is 3.27. The van der Waals surface area contributed by atoms with Crippen molar-refractivity contribution < 1.29 is 28.2 Å². The van der Waals surface area contributed by atoms with Gasteiger partial charge < -0.3 is 18.4 Å². The normalized spacial score (nSPS) is 11.3. The van der Waals surface area contributed by atoms with Gasteiger partial charge in [0.25, 0.3) is 0 Å². The molecule has 26 heavy (non-hydrogen) atoms. The largest absolute Gasteiger partial charge is 1.00 e. The Bertz CT molecular complexity index is 772. The molecule has 0 amide bonds. The van der Waals surface area contributed by atoms with E-state index in [0.717, 1.165) is 11.2 Å². The summed E-state index contributed by atoms with van der Waals surface area (Å²) in [5.41, 5.74) is 2.58. The first-order valence-corrected chi connectivity index (χ1v) is 8.39. The van der Waals surface area contributed by atoms with Gasteiger partial charge in [0.1, 0.15) is 23.5 Å². The molecule has 0 unspecified atom stereocenters. The zero-order valence-electron chi connectivity index (χ0n) is 16.6. The van der Waals surface area contributed by atoms with Crippen molar-refractivity contribution in [3.05, 3.63) is 35.7 Å². The molecule has 0 spiro atoms. The summed E-state index contributed by atoms with van der Waals surface area (Å²) in [6.07, 6.45) is -0.223. The molecule has 0 aliphatic rings. The van der Waals surface area contributed by atoms with Crippen LogP contribution in [0.3, 0.4) is 0 Å². The number of hydrogen-bond acceptors (Lipinski definition) is 4. The number of nitriles is 2. The standard InChI is InChI=1S/C18H24BN4O2.Li/c1-13(2)24-19(25-14(3)4,17-9-7-15(11-20)22(17)5)18-10-8-16(12-21)23(18)6;/h7-10,13-14H,1-6H3;/q-1;+1. The predicted octanol–water partition coefficient (Wildman–Crippen LogP) is -1.48. The predicted molar refractivity (Wildman–Crippen MR) is 97.7 cm³/mol. The van der Waals surface area contributed by atoms with Crippen LogP contribution in [0.2, 0.25) is 0 Å². The van der Waals surface area contributed by atoms with Crippen LogP contribution in [-0.2, 0) is 23.4 Å². The van der Waals surface area contributed by atoms with Crippen LogP contribution in [0.15, 0.2) is 24.3 Å². The van der Waals surface area contributed by atoms with Gasteiger partial charge in [-0.3, -0.25) is 0 Å². The smallest absolute Gasteiger partial charge is 0.557 e. The van der Waals surface area contributed by atoms with Crippen molar-refractivity contribution in [1.82, 2.24) is 9.13 Å². The van der Waals surface area contributed by atoms with Crippen molar-refractivity contribution in [2.75, 3.05) is 0 Å². The second-order valence-electron chi connectivity index (χ2n) is 6.71. The molecule has 6 nitrogen and oxygen atoms in total. The molecule has 0 aliphatic carbocycles. The minimum atomic E-state index is -2.08. The van der Waals surface area contributed by atoms with Crippen LogP contribution < -0.4 is 30.0 Å². The molecule has 2 rings (SSSR count). The summed E-state index contributed by atoms with van der Waals surface area (Å²) in [6.45, 7) is 5.70. The number of nitrogens with zero attached hydrogens (tertiary/aromatic N) is 4. The van der Waals surface area contributed by atoms with Crippen molar-refractivity contribution in [3.8, 4) is 12.1 Å². The van der Waals surface area contributed by atoms with Crippen molar-refractivity contribution in [1.29, 1.82) is 10.5 Å². The van der Waals surface area contributed by atoms with Crippen molar-refractivity contribution in [2.24, 2.45) is 14.1 Å². The van der Waals surface area contributed by atoms with Crippen LogP contribution in [0.5, 0.6) is 0 Å². The van der Waals surface area contributed by atoms with Crippen LogP contribution in [0.1, 0.15) is 39.1 Å². The minimum Gasteiger partial charge on any atom is -0.557 e. The maximum Gasteiger partial charge on any atom is 1.00 e. The molecule has 0 aromatic carbocycles. The summed E-state index contributed by atoms with van der Waals surface area (Å²) in [6, 6.07) is 11.6. The van der Waals surface area contributed by atoms with E-state index in [1.165, 1.54) is 0 Å². The Labute approximate surface area is 167 Å². The Kier molecular flexibility index (Phi) is 7.39. The third-order valence-electron chi connectivity index (χ3n) is 4.26. The van der Waals surface area contributed by atoms with Crippen LogP contribution in [-0.4, -0.2) is 27.9 Å². The number of aromatic nitrogens is 2. The van der Waals surface area contributed by atoms with Gasteiger partial charge in [-0.15, -0.1) is 0 Å². The van der Waals surface area contributed by atoms with Gasteiger partial charge in [0.15, 0.2) is 0 Å². The van der Waals surface area contributed by atoms with E-state index in [4.69, 9.17) is 9.31 Å². The minimum absolute atomic E-state index is 0. The van der Waals surface area contributed by atoms with Crippen LogP contribution in [0, 0.1) is 22.7 Å². The molecule has 132 valence electrons. The van der Waals surface area contributed by atoms with E-state index in [9.17, 15) is 10.5 Å². The summed E-state index contributed by atoms with van der Waals surface area (Å²) in [7, 11) is 3.65. The van der Waals surface area contributed by atoms with Gasteiger partial charge in [0.05, 0.1) is 0 Å². The molecule has 0 fully saturated rings. The molecule has 0 radical (unpaired) electrons. The SMILES string of the molecule is CC(C)O[B-](OC(C)C)(c1ccc(C#N)n1C)c1ccc(C#N)n1C.[Li+]. The second-order valence-corrected chi connectivity index (χ2v) is 6.71. The molecule has 0 bridgehead atoms. The monoisotopic (exact) mass is 346 g/mol. The van der Waals surface area contributed by atoms with Gasteiger partial charge in [-0.25, -0.2) is 0 Å². The van der Waals surface area contributed by atoms with E-state index in [-0.39, 0.29) is 31.1 Å². The third-order valence-corrected chi connectivity index (χ3v) is 4.26. The first-order valence-electron chi connectivity index (χ1n) is 8.39. The van der Waals surface area contributed by atoms with Gasteiger partial charge >= 0.3 is 25.4 Å². The molecule has 0 N–H and O–H groups in total. The average molecular weight is 346 g/mol. The molecule has 0 saturated carbocycles. The number of hydrogen-bond donors (Lipinski definition) is 0. The van der Waals surface area contributed by atoms with Gasteiger partial charge in [-0.05, 0) is 39.8 Å². The summed E-state index contributed by atoms with van der Waals surface area (Å²) in [5, 5.41) is 18.7. The van der Waals surface area contributed by atoms with E-state index in [2.05, 4.69) is 12.1 Å². The molecule has 2 heterocycles. The first kappa shape index (κ1) is 22.2. The Morgan fingerprint density at radius 1 is 0.808 bits per heavy atom. The average Bonchev–Trinajstić information content (AvgIpc) is 3.08. The van der Waals surface area contributed by atoms with Crippen LogP contribution in [0.25, 0.3) is 0 Å². The Balaban J connectivity index is 0.00000338. The second kappa shape index (κ2) is 8.67. The summed E-state index contributed by atoms with van der Waals surface area (Å²) < 4.78 is 16.3. The summed E-state index contributed by atoms with van der Waals surface area (Å²) in [5.74, 6) is 0. The Hall–Kier alpha value is -1.88. The van der Waals surface area contributed by atoms with Crippen molar-refractivity contribution in [2.45, 2.75) is 39.9 Å². The third kappa shape index (κ3) is 3.93.